The molecule has 18 heavy (non-hydrogen) atoms. The molecule has 0 fully saturated rings. The molecule has 0 bridgehead atoms. The van der Waals surface area contributed by atoms with E-state index in [1.54, 1.807) is 19.1 Å². The summed E-state index contributed by atoms with van der Waals surface area (Å²) in [4.78, 5) is 24.3. The Bertz CT molecular complexity index is 475. The van der Waals surface area contributed by atoms with Crippen LogP contribution in [0.15, 0.2) is 24.3 Å². The SMILES string of the molecule is CCOC(=O)C(F)N1CCc2ccccc2C1=O. The number of nitrogens with zero attached hydrogens (tertiary/aromatic N) is 1. The van der Waals surface area contributed by atoms with Gasteiger partial charge in [0.05, 0.1) is 6.61 Å². The molecule has 0 aliphatic carbocycles. The van der Waals surface area contributed by atoms with E-state index in [9.17, 15) is 14.0 Å². The summed E-state index contributed by atoms with van der Waals surface area (Å²) in [7, 11) is 0. The van der Waals surface area contributed by atoms with E-state index < -0.39 is 18.2 Å². The van der Waals surface area contributed by atoms with Gasteiger partial charge in [0.25, 0.3) is 12.2 Å². The third kappa shape index (κ3) is 2.20. The molecule has 0 aromatic heterocycles. The number of benzene rings is 1. The third-order valence-corrected chi connectivity index (χ3v) is 2.89. The highest BCUT2D eigenvalue weighted by Gasteiger charge is 2.34. The molecular weight excluding hydrogens is 237 g/mol. The van der Waals surface area contributed by atoms with E-state index >= 15 is 0 Å². The van der Waals surface area contributed by atoms with Gasteiger partial charge in [0.15, 0.2) is 0 Å². The lowest BCUT2D eigenvalue weighted by molar-refractivity contribution is -0.155. The molecule has 0 spiro atoms. The molecule has 1 aliphatic rings. The Morgan fingerprint density at radius 2 is 2.22 bits per heavy atom. The Labute approximate surface area is 104 Å². The molecule has 2 rings (SSSR count). The number of hydrogen-bond donors (Lipinski definition) is 0. The Kier molecular flexibility index (Phi) is 3.60. The fraction of sp³-hybridized carbons (Fsp3) is 0.385. The number of hydrogen-bond acceptors (Lipinski definition) is 3. The summed E-state index contributed by atoms with van der Waals surface area (Å²) in [5, 5.41) is 0. The molecule has 1 amide bonds. The lowest BCUT2D eigenvalue weighted by atomic mass is 9.99. The van der Waals surface area contributed by atoms with Crippen LogP contribution in [0.2, 0.25) is 0 Å². The second-order valence-electron chi connectivity index (χ2n) is 3.99. The average molecular weight is 251 g/mol. The third-order valence-electron chi connectivity index (χ3n) is 2.89. The molecule has 1 heterocycles. The van der Waals surface area contributed by atoms with Gasteiger partial charge in [0, 0.05) is 12.1 Å². The van der Waals surface area contributed by atoms with Gasteiger partial charge < -0.3 is 4.74 Å². The van der Waals surface area contributed by atoms with Crippen molar-refractivity contribution < 1.29 is 18.7 Å². The molecule has 1 aromatic carbocycles. The highest BCUT2D eigenvalue weighted by atomic mass is 19.1. The van der Waals surface area contributed by atoms with Gasteiger partial charge in [-0.2, -0.15) is 0 Å². The molecule has 1 aliphatic heterocycles. The van der Waals surface area contributed by atoms with E-state index in [0.717, 1.165) is 10.5 Å². The van der Waals surface area contributed by atoms with Crippen LogP contribution in [0.4, 0.5) is 4.39 Å². The maximum absolute atomic E-state index is 13.8. The van der Waals surface area contributed by atoms with Crippen LogP contribution >= 0.6 is 0 Å². The van der Waals surface area contributed by atoms with Crippen LogP contribution in [-0.2, 0) is 16.0 Å². The number of ether oxygens (including phenoxy) is 1. The van der Waals surface area contributed by atoms with E-state index in [2.05, 4.69) is 4.74 Å². The molecule has 0 radical (unpaired) electrons. The number of alkyl halides is 1. The summed E-state index contributed by atoms with van der Waals surface area (Å²) in [5.41, 5.74) is 1.34. The van der Waals surface area contributed by atoms with Crippen LogP contribution in [0.5, 0.6) is 0 Å². The maximum atomic E-state index is 13.8. The van der Waals surface area contributed by atoms with Gasteiger partial charge in [-0.3, -0.25) is 9.69 Å². The summed E-state index contributed by atoms with van der Waals surface area (Å²) in [6.45, 7) is 1.88. The zero-order valence-electron chi connectivity index (χ0n) is 10.1. The Morgan fingerprint density at radius 3 is 2.94 bits per heavy atom. The zero-order chi connectivity index (χ0) is 13.1. The van der Waals surface area contributed by atoms with Crippen molar-refractivity contribution in [3.63, 3.8) is 0 Å². The standard InChI is InChI=1S/C13H14FNO3/c1-2-18-13(17)11(14)15-8-7-9-5-3-4-6-10(9)12(15)16/h3-6,11H,2,7-8H2,1H3. The zero-order valence-corrected chi connectivity index (χ0v) is 10.1. The van der Waals surface area contributed by atoms with E-state index in [4.69, 9.17) is 0 Å². The van der Waals surface area contributed by atoms with Crippen molar-refractivity contribution in [2.24, 2.45) is 0 Å². The molecule has 0 N–H and O–H groups in total. The molecule has 1 aromatic rings. The van der Waals surface area contributed by atoms with Crippen molar-refractivity contribution in [3.05, 3.63) is 35.4 Å². The van der Waals surface area contributed by atoms with Crippen molar-refractivity contribution in [2.45, 2.75) is 19.6 Å². The second-order valence-corrected chi connectivity index (χ2v) is 3.99. The minimum absolute atomic E-state index is 0.0951. The van der Waals surface area contributed by atoms with Gasteiger partial charge in [-0.25, -0.2) is 9.18 Å². The van der Waals surface area contributed by atoms with Crippen molar-refractivity contribution in [1.29, 1.82) is 0 Å². The number of fused-ring (bicyclic) bond motifs is 1. The Balaban J connectivity index is 2.19. The highest BCUT2D eigenvalue weighted by Crippen LogP contribution is 2.21. The van der Waals surface area contributed by atoms with E-state index in [1.165, 1.54) is 0 Å². The van der Waals surface area contributed by atoms with Gasteiger partial charge in [0.1, 0.15) is 0 Å². The second kappa shape index (κ2) is 5.16. The van der Waals surface area contributed by atoms with Gasteiger partial charge in [-0.1, -0.05) is 18.2 Å². The largest absolute Gasteiger partial charge is 0.462 e. The average Bonchev–Trinajstić information content (AvgIpc) is 2.39. The Hall–Kier alpha value is -1.91. The number of carbonyl (C=O) groups excluding carboxylic acids is 2. The lowest BCUT2D eigenvalue weighted by Crippen LogP contribution is -2.46. The molecule has 1 unspecified atom stereocenters. The molecule has 5 heteroatoms. The van der Waals surface area contributed by atoms with Crippen molar-refractivity contribution in [1.82, 2.24) is 4.90 Å². The van der Waals surface area contributed by atoms with Gasteiger partial charge >= 0.3 is 5.97 Å². The smallest absolute Gasteiger partial charge is 0.362 e. The van der Waals surface area contributed by atoms with Gasteiger partial charge in [-0.15, -0.1) is 0 Å². The summed E-state index contributed by atoms with van der Waals surface area (Å²) >= 11 is 0. The van der Waals surface area contributed by atoms with E-state index in [0.29, 0.717) is 12.0 Å². The van der Waals surface area contributed by atoms with Crippen LogP contribution in [0.1, 0.15) is 22.8 Å². The topological polar surface area (TPSA) is 46.6 Å². The first-order chi connectivity index (χ1) is 8.65. The van der Waals surface area contributed by atoms with Crippen LogP contribution in [0.25, 0.3) is 0 Å². The predicted octanol–water partition coefficient (Wildman–Crippen LogP) is 1.54. The first-order valence-electron chi connectivity index (χ1n) is 5.84. The van der Waals surface area contributed by atoms with Gasteiger partial charge in [0.2, 0.25) is 0 Å². The number of esters is 1. The van der Waals surface area contributed by atoms with Crippen LogP contribution < -0.4 is 0 Å². The van der Waals surface area contributed by atoms with Crippen LogP contribution in [-0.4, -0.2) is 36.2 Å². The maximum Gasteiger partial charge on any atom is 0.362 e. The number of rotatable bonds is 3. The molecule has 96 valence electrons. The van der Waals surface area contributed by atoms with Crippen LogP contribution in [0.3, 0.4) is 0 Å². The van der Waals surface area contributed by atoms with Crippen molar-refractivity contribution in [3.8, 4) is 0 Å². The van der Waals surface area contributed by atoms with Crippen LogP contribution in [0, 0.1) is 0 Å². The van der Waals surface area contributed by atoms with Crippen molar-refractivity contribution in [2.75, 3.05) is 13.2 Å². The lowest BCUT2D eigenvalue weighted by Gasteiger charge is -2.29. The monoisotopic (exact) mass is 251 g/mol. The summed E-state index contributed by atoms with van der Waals surface area (Å²) in [5.74, 6) is -1.47. The predicted molar refractivity (Wildman–Crippen MR) is 62.7 cm³/mol. The number of amides is 1. The molecular formula is C13H14FNO3. The summed E-state index contributed by atoms with van der Waals surface area (Å²) < 4.78 is 18.4. The summed E-state index contributed by atoms with van der Waals surface area (Å²) in [6, 6.07) is 7.03. The van der Waals surface area contributed by atoms with Crippen molar-refractivity contribution >= 4 is 11.9 Å². The van der Waals surface area contributed by atoms with E-state index in [-0.39, 0.29) is 13.2 Å². The first kappa shape index (κ1) is 12.5. The normalized spacial score (nSPS) is 16.1. The fourth-order valence-electron chi connectivity index (χ4n) is 2.00. The Morgan fingerprint density at radius 1 is 1.50 bits per heavy atom. The number of halogens is 1. The minimum atomic E-state index is -2.02. The highest BCUT2D eigenvalue weighted by molar-refractivity contribution is 5.98. The quantitative estimate of drug-likeness (QED) is 0.604. The molecule has 1 atom stereocenters. The van der Waals surface area contributed by atoms with E-state index in [1.807, 2.05) is 12.1 Å². The summed E-state index contributed by atoms with van der Waals surface area (Å²) in [6.07, 6.45) is -1.48. The first-order valence-corrected chi connectivity index (χ1v) is 5.84. The molecule has 4 nitrogen and oxygen atoms in total. The number of carbonyl (C=O) groups is 2. The molecule has 0 saturated carbocycles. The fourth-order valence-corrected chi connectivity index (χ4v) is 2.00. The molecule has 0 saturated heterocycles. The van der Waals surface area contributed by atoms with Gasteiger partial charge in [-0.05, 0) is 25.0 Å². The minimum Gasteiger partial charge on any atom is -0.462 e.